The number of aromatic amines is 1. The van der Waals surface area contributed by atoms with Crippen LogP contribution in [0.5, 0.6) is 0 Å². The maximum atomic E-state index is 13.5. The number of ketones is 1. The van der Waals surface area contributed by atoms with Gasteiger partial charge in [-0.1, -0.05) is 50.6 Å². The Morgan fingerprint density at radius 3 is 2.77 bits per heavy atom. The van der Waals surface area contributed by atoms with Gasteiger partial charge in [0.25, 0.3) is 0 Å². The molecule has 2 fully saturated rings. The largest absolute Gasteiger partial charge is 0.469 e. The number of hydrogen-bond donors (Lipinski definition) is 1. The summed E-state index contributed by atoms with van der Waals surface area (Å²) in [4.78, 5) is 28.7. The Labute approximate surface area is 210 Å². The van der Waals surface area contributed by atoms with E-state index in [1.807, 2.05) is 25.3 Å². The molecule has 8 unspecified atom stereocenters. The number of fused-ring (bicyclic) bond motifs is 1. The van der Waals surface area contributed by atoms with Gasteiger partial charge in [-0.2, -0.15) is 0 Å². The van der Waals surface area contributed by atoms with Crippen molar-refractivity contribution in [2.24, 2.45) is 35.5 Å². The molecule has 0 aromatic carbocycles. The first-order valence-corrected chi connectivity index (χ1v) is 13.4. The van der Waals surface area contributed by atoms with Gasteiger partial charge in [0.2, 0.25) is 0 Å². The number of H-pyrrole nitrogens is 1. The lowest BCUT2D eigenvalue weighted by Gasteiger charge is -2.38. The van der Waals surface area contributed by atoms with Crippen LogP contribution in [0.2, 0.25) is 0 Å². The van der Waals surface area contributed by atoms with Crippen molar-refractivity contribution >= 4 is 11.8 Å². The number of carbonyl (C=O) groups is 2. The number of Topliss-reactive ketones (excluding diaryl/α,β-unsaturated/α-hetero) is 1. The van der Waals surface area contributed by atoms with E-state index in [0.717, 1.165) is 25.7 Å². The smallest absolute Gasteiger partial charge is 0.311 e. The second kappa shape index (κ2) is 11.6. The first-order chi connectivity index (χ1) is 16.9. The third-order valence-corrected chi connectivity index (χ3v) is 8.54. The number of hydrogen-bond acceptors (Lipinski definition) is 4. The highest BCUT2D eigenvalue weighted by Crippen LogP contribution is 2.46. The van der Waals surface area contributed by atoms with E-state index < -0.39 is 0 Å². The summed E-state index contributed by atoms with van der Waals surface area (Å²) in [5.74, 6) is 1.17. The van der Waals surface area contributed by atoms with Gasteiger partial charge < -0.3 is 14.5 Å². The average Bonchev–Trinajstić information content (AvgIpc) is 3.58. The molecule has 4 rings (SSSR count). The van der Waals surface area contributed by atoms with Crippen LogP contribution in [0.3, 0.4) is 0 Å². The van der Waals surface area contributed by atoms with E-state index in [-0.39, 0.29) is 41.7 Å². The van der Waals surface area contributed by atoms with Crippen molar-refractivity contribution < 1.29 is 19.1 Å². The molecule has 3 aliphatic rings. The van der Waals surface area contributed by atoms with Crippen LogP contribution >= 0.6 is 0 Å². The van der Waals surface area contributed by atoms with Crippen LogP contribution in [0.15, 0.2) is 54.3 Å². The Morgan fingerprint density at radius 1 is 1.23 bits per heavy atom. The van der Waals surface area contributed by atoms with Gasteiger partial charge in [-0.05, 0) is 74.5 Å². The van der Waals surface area contributed by atoms with Crippen molar-refractivity contribution in [1.29, 1.82) is 0 Å². The third kappa shape index (κ3) is 5.55. The van der Waals surface area contributed by atoms with Crippen molar-refractivity contribution in [3.05, 3.63) is 60.0 Å². The highest BCUT2D eigenvalue weighted by atomic mass is 16.5. The number of aromatic nitrogens is 1. The average molecular weight is 480 g/mol. The van der Waals surface area contributed by atoms with Gasteiger partial charge in [0.1, 0.15) is 0 Å². The van der Waals surface area contributed by atoms with Crippen LogP contribution in [-0.4, -0.2) is 36.1 Å². The fourth-order valence-electron chi connectivity index (χ4n) is 6.44. The Bertz CT molecular complexity index is 959. The number of esters is 1. The highest BCUT2D eigenvalue weighted by Gasteiger charge is 2.42. The summed E-state index contributed by atoms with van der Waals surface area (Å²) in [5, 5.41) is 0. The minimum Gasteiger partial charge on any atom is -0.469 e. The summed E-state index contributed by atoms with van der Waals surface area (Å²) in [5.41, 5.74) is 1.95. The summed E-state index contributed by atoms with van der Waals surface area (Å²) in [6, 6.07) is 3.80. The maximum absolute atomic E-state index is 13.5. The van der Waals surface area contributed by atoms with Crippen LogP contribution in [0, 0.1) is 35.5 Å². The van der Waals surface area contributed by atoms with Gasteiger partial charge in [-0.25, -0.2) is 0 Å². The summed E-state index contributed by atoms with van der Waals surface area (Å²) in [6.07, 6.45) is 19.1. The zero-order valence-electron chi connectivity index (χ0n) is 21.6. The second-order valence-electron chi connectivity index (χ2n) is 10.6. The second-order valence-corrected chi connectivity index (χ2v) is 10.6. The zero-order valence-corrected chi connectivity index (χ0v) is 21.6. The summed E-state index contributed by atoms with van der Waals surface area (Å²) in [7, 11) is 1.44. The molecule has 1 saturated heterocycles. The van der Waals surface area contributed by atoms with Gasteiger partial charge in [-0.3, -0.25) is 9.59 Å². The van der Waals surface area contributed by atoms with Crippen LogP contribution < -0.4 is 0 Å². The van der Waals surface area contributed by atoms with Crippen molar-refractivity contribution in [2.45, 2.75) is 71.5 Å². The van der Waals surface area contributed by atoms with E-state index in [1.165, 1.54) is 25.5 Å². The van der Waals surface area contributed by atoms with E-state index in [0.29, 0.717) is 23.4 Å². The van der Waals surface area contributed by atoms with Crippen molar-refractivity contribution in [3.63, 3.8) is 0 Å². The van der Waals surface area contributed by atoms with Crippen LogP contribution in [-0.2, 0) is 14.3 Å². The SMILES string of the molecule is CCC(=CC=CC1C=CC2CCCC2C1C(=O)c1ccc[nH]1)C1OC(C(C)C(=O)OC)CCC1C. The highest BCUT2D eigenvalue weighted by molar-refractivity contribution is 5.97. The molecule has 2 aliphatic carbocycles. The Kier molecular flexibility index (Phi) is 8.48. The van der Waals surface area contributed by atoms with E-state index in [4.69, 9.17) is 9.47 Å². The molecule has 2 heterocycles. The molecule has 35 heavy (non-hydrogen) atoms. The van der Waals surface area contributed by atoms with Gasteiger partial charge in [0.15, 0.2) is 5.78 Å². The Balaban J connectivity index is 1.52. The molecular formula is C30H41NO4. The number of methoxy groups -OCH3 is 1. The zero-order chi connectivity index (χ0) is 24.9. The molecular weight excluding hydrogens is 438 g/mol. The number of ether oxygens (including phenoxy) is 2. The molecule has 0 bridgehead atoms. The molecule has 1 aromatic heterocycles. The lowest BCUT2D eigenvalue weighted by atomic mass is 9.69. The number of allylic oxidation sites excluding steroid dienone is 5. The minimum absolute atomic E-state index is 0.00651. The molecule has 0 amide bonds. The molecule has 1 N–H and O–H groups in total. The lowest BCUT2D eigenvalue weighted by molar-refractivity contribution is -0.156. The summed E-state index contributed by atoms with van der Waals surface area (Å²) >= 11 is 0. The number of nitrogens with one attached hydrogen (secondary N) is 1. The summed E-state index contributed by atoms with van der Waals surface area (Å²) in [6.45, 7) is 6.28. The first-order valence-electron chi connectivity index (χ1n) is 13.4. The Morgan fingerprint density at radius 2 is 2.06 bits per heavy atom. The topological polar surface area (TPSA) is 68.4 Å². The van der Waals surface area contributed by atoms with Crippen molar-refractivity contribution in [1.82, 2.24) is 4.98 Å². The van der Waals surface area contributed by atoms with Crippen molar-refractivity contribution in [3.8, 4) is 0 Å². The quantitative estimate of drug-likeness (QED) is 0.206. The first kappa shape index (κ1) is 25.7. The van der Waals surface area contributed by atoms with E-state index in [1.54, 1.807) is 0 Å². The molecule has 1 saturated carbocycles. The normalized spacial score (nSPS) is 34.1. The monoisotopic (exact) mass is 479 g/mol. The fourth-order valence-corrected chi connectivity index (χ4v) is 6.44. The molecule has 5 heteroatoms. The molecule has 190 valence electrons. The van der Waals surface area contributed by atoms with E-state index >= 15 is 0 Å². The molecule has 1 aliphatic heterocycles. The van der Waals surface area contributed by atoms with E-state index in [2.05, 4.69) is 49.2 Å². The Hall–Kier alpha value is -2.40. The molecule has 1 aromatic rings. The van der Waals surface area contributed by atoms with Gasteiger partial charge in [0.05, 0.1) is 30.9 Å². The van der Waals surface area contributed by atoms with Gasteiger partial charge in [-0.15, -0.1) is 0 Å². The lowest BCUT2D eigenvalue weighted by Crippen LogP contribution is -2.40. The number of rotatable bonds is 8. The summed E-state index contributed by atoms with van der Waals surface area (Å²) < 4.78 is 11.4. The fraction of sp³-hybridized carbons (Fsp3) is 0.600. The predicted octanol–water partition coefficient (Wildman–Crippen LogP) is 6.30. The standard InChI is InChI=1S/C30H41NO4/c1-5-21(29-19(2)14-17-26(35-29)20(3)30(33)34-4)9-6-11-23-16-15-22-10-7-12-24(22)27(23)28(32)25-13-8-18-31-25/h6,8-9,11,13,15-16,18-20,22-24,26-27,29,31H,5,7,10,12,14,17H2,1-4H3. The maximum Gasteiger partial charge on any atom is 0.311 e. The van der Waals surface area contributed by atoms with Crippen LogP contribution in [0.25, 0.3) is 0 Å². The minimum atomic E-state index is -0.268. The van der Waals surface area contributed by atoms with Gasteiger partial charge >= 0.3 is 5.97 Å². The van der Waals surface area contributed by atoms with Gasteiger partial charge in [0, 0.05) is 18.0 Å². The van der Waals surface area contributed by atoms with Crippen LogP contribution in [0.4, 0.5) is 0 Å². The van der Waals surface area contributed by atoms with E-state index in [9.17, 15) is 9.59 Å². The molecule has 8 atom stereocenters. The van der Waals surface area contributed by atoms with Crippen LogP contribution in [0.1, 0.15) is 69.8 Å². The predicted molar refractivity (Wildman–Crippen MR) is 138 cm³/mol. The number of carbonyl (C=O) groups excluding carboxylic acids is 2. The van der Waals surface area contributed by atoms with Crippen molar-refractivity contribution in [2.75, 3.05) is 7.11 Å². The molecule has 0 radical (unpaired) electrons. The molecule has 0 spiro atoms. The molecule has 5 nitrogen and oxygen atoms in total. The third-order valence-electron chi connectivity index (χ3n) is 8.54.